The molecule has 3 fully saturated rings. The van der Waals surface area contributed by atoms with E-state index < -0.39 is 0 Å². The van der Waals surface area contributed by atoms with Gasteiger partial charge in [-0.25, -0.2) is 0 Å². The number of nitrogens with two attached hydrogens (primary N) is 1. The van der Waals surface area contributed by atoms with Crippen LogP contribution in [-0.2, 0) is 9.53 Å². The standard InChI is InChI=1S/C14H25NO2/c1-13(2,3)17-12(16)14(4)8-9-5-6-10(14)7-11(9)15/h9-11H,5-8,15H2,1-4H3. The summed E-state index contributed by atoms with van der Waals surface area (Å²) in [5.74, 6) is 0.904. The topological polar surface area (TPSA) is 52.3 Å². The summed E-state index contributed by atoms with van der Waals surface area (Å²) in [7, 11) is 0. The fraction of sp³-hybridized carbons (Fsp3) is 0.929. The maximum atomic E-state index is 12.4. The molecule has 4 unspecified atom stereocenters. The van der Waals surface area contributed by atoms with Crippen LogP contribution in [0.15, 0.2) is 0 Å². The second-order valence-electron chi connectivity index (χ2n) is 7.06. The molecule has 0 saturated heterocycles. The number of rotatable bonds is 1. The lowest BCUT2D eigenvalue weighted by Gasteiger charge is -2.51. The first-order valence-corrected chi connectivity index (χ1v) is 6.71. The first-order chi connectivity index (χ1) is 7.72. The van der Waals surface area contributed by atoms with Gasteiger partial charge >= 0.3 is 5.97 Å². The third kappa shape index (κ3) is 2.35. The third-order valence-corrected chi connectivity index (χ3v) is 4.50. The van der Waals surface area contributed by atoms with Crippen molar-refractivity contribution in [1.29, 1.82) is 0 Å². The van der Waals surface area contributed by atoms with Gasteiger partial charge in [-0.05, 0) is 65.2 Å². The predicted octanol–water partition coefficient (Wildman–Crippen LogP) is 2.48. The highest BCUT2D eigenvalue weighted by Crippen LogP contribution is 2.52. The summed E-state index contributed by atoms with van der Waals surface area (Å²) in [6, 6.07) is 0.296. The number of fused-ring (bicyclic) bond motifs is 3. The van der Waals surface area contributed by atoms with Crippen molar-refractivity contribution in [2.24, 2.45) is 23.0 Å². The molecule has 0 aromatic heterocycles. The Morgan fingerprint density at radius 1 is 1.35 bits per heavy atom. The Hall–Kier alpha value is -0.570. The summed E-state index contributed by atoms with van der Waals surface area (Å²) < 4.78 is 5.59. The molecule has 3 nitrogen and oxygen atoms in total. The van der Waals surface area contributed by atoms with Gasteiger partial charge in [0.05, 0.1) is 5.41 Å². The number of esters is 1. The van der Waals surface area contributed by atoms with Crippen molar-refractivity contribution in [3.8, 4) is 0 Å². The number of carbonyl (C=O) groups is 1. The van der Waals surface area contributed by atoms with E-state index >= 15 is 0 Å². The summed E-state index contributed by atoms with van der Waals surface area (Å²) >= 11 is 0. The molecule has 98 valence electrons. The van der Waals surface area contributed by atoms with Gasteiger partial charge in [-0.3, -0.25) is 4.79 Å². The Kier molecular flexibility index (Phi) is 3.01. The van der Waals surface area contributed by atoms with Gasteiger partial charge in [0.15, 0.2) is 0 Å². The molecule has 2 N–H and O–H groups in total. The summed E-state index contributed by atoms with van der Waals surface area (Å²) in [5, 5.41) is 0. The van der Waals surface area contributed by atoms with Crippen molar-refractivity contribution < 1.29 is 9.53 Å². The highest BCUT2D eigenvalue weighted by molar-refractivity contribution is 5.77. The van der Waals surface area contributed by atoms with Gasteiger partial charge in [0.25, 0.3) is 0 Å². The lowest BCUT2D eigenvalue weighted by molar-refractivity contribution is -0.177. The van der Waals surface area contributed by atoms with Crippen molar-refractivity contribution in [3.05, 3.63) is 0 Å². The molecule has 3 heteroatoms. The Morgan fingerprint density at radius 3 is 2.41 bits per heavy atom. The Bertz CT molecular complexity index is 321. The van der Waals surface area contributed by atoms with Crippen LogP contribution in [0.5, 0.6) is 0 Å². The SMILES string of the molecule is CC(C)(C)OC(=O)C1(C)CC2CCC1CC2N. The average molecular weight is 239 g/mol. The average Bonchev–Trinajstić information content (AvgIpc) is 2.17. The first kappa shape index (κ1) is 12.9. The quantitative estimate of drug-likeness (QED) is 0.715. The maximum absolute atomic E-state index is 12.4. The molecule has 0 aromatic rings. The van der Waals surface area contributed by atoms with E-state index in [9.17, 15) is 4.79 Å². The van der Waals surface area contributed by atoms with Crippen LogP contribution >= 0.6 is 0 Å². The molecule has 0 aromatic carbocycles. The molecule has 17 heavy (non-hydrogen) atoms. The molecule has 3 aliphatic rings. The van der Waals surface area contributed by atoms with Crippen LogP contribution in [0.3, 0.4) is 0 Å². The lowest BCUT2D eigenvalue weighted by atomic mass is 9.55. The molecule has 0 radical (unpaired) electrons. The van der Waals surface area contributed by atoms with Gasteiger partial charge < -0.3 is 10.5 Å². The van der Waals surface area contributed by atoms with Crippen molar-refractivity contribution in [1.82, 2.24) is 0 Å². The highest BCUT2D eigenvalue weighted by atomic mass is 16.6. The second kappa shape index (κ2) is 3.98. The van der Waals surface area contributed by atoms with Crippen LogP contribution < -0.4 is 5.73 Å². The molecule has 0 heterocycles. The van der Waals surface area contributed by atoms with E-state index in [-0.39, 0.29) is 17.0 Å². The van der Waals surface area contributed by atoms with Gasteiger partial charge in [0.1, 0.15) is 5.60 Å². The minimum absolute atomic E-state index is 0.0217. The zero-order chi connectivity index (χ0) is 12.8. The lowest BCUT2D eigenvalue weighted by Crippen LogP contribution is -2.54. The fourth-order valence-corrected chi connectivity index (χ4v) is 3.46. The number of hydrogen-bond acceptors (Lipinski definition) is 3. The van der Waals surface area contributed by atoms with Crippen molar-refractivity contribution in [2.45, 2.75) is 65.0 Å². The van der Waals surface area contributed by atoms with Crippen LogP contribution in [0.25, 0.3) is 0 Å². The second-order valence-corrected chi connectivity index (χ2v) is 7.06. The van der Waals surface area contributed by atoms with E-state index in [1.54, 1.807) is 0 Å². The van der Waals surface area contributed by atoms with Gasteiger partial charge in [0, 0.05) is 6.04 Å². The predicted molar refractivity (Wildman–Crippen MR) is 67.4 cm³/mol. The largest absolute Gasteiger partial charge is 0.460 e. The van der Waals surface area contributed by atoms with Gasteiger partial charge in [-0.1, -0.05) is 0 Å². The Balaban J connectivity index is 2.12. The fourth-order valence-electron chi connectivity index (χ4n) is 3.46. The van der Waals surface area contributed by atoms with Crippen molar-refractivity contribution in [3.63, 3.8) is 0 Å². The molecular formula is C14H25NO2. The van der Waals surface area contributed by atoms with E-state index in [2.05, 4.69) is 6.92 Å². The van der Waals surface area contributed by atoms with Crippen molar-refractivity contribution >= 4 is 5.97 Å². The number of ether oxygens (including phenoxy) is 1. The Morgan fingerprint density at radius 2 is 2.00 bits per heavy atom. The zero-order valence-corrected chi connectivity index (χ0v) is 11.5. The van der Waals surface area contributed by atoms with E-state index in [0.29, 0.717) is 17.9 Å². The van der Waals surface area contributed by atoms with Crippen LogP contribution in [0.1, 0.15) is 53.4 Å². The van der Waals surface area contributed by atoms with E-state index in [1.165, 1.54) is 6.42 Å². The molecule has 0 spiro atoms. The Labute approximate surface area is 104 Å². The van der Waals surface area contributed by atoms with E-state index in [4.69, 9.17) is 10.5 Å². The van der Waals surface area contributed by atoms with E-state index in [0.717, 1.165) is 19.3 Å². The van der Waals surface area contributed by atoms with Crippen LogP contribution in [0, 0.1) is 17.3 Å². The highest BCUT2D eigenvalue weighted by Gasteiger charge is 2.53. The number of hydrogen-bond donors (Lipinski definition) is 1. The normalized spacial score (nSPS) is 41.4. The van der Waals surface area contributed by atoms with Gasteiger partial charge in [-0.15, -0.1) is 0 Å². The molecule has 0 aliphatic heterocycles. The van der Waals surface area contributed by atoms with Crippen LogP contribution in [0.2, 0.25) is 0 Å². The van der Waals surface area contributed by atoms with Crippen molar-refractivity contribution in [2.75, 3.05) is 0 Å². The zero-order valence-electron chi connectivity index (χ0n) is 11.5. The molecule has 3 saturated carbocycles. The molecule has 4 atom stereocenters. The first-order valence-electron chi connectivity index (χ1n) is 6.71. The molecular weight excluding hydrogens is 214 g/mol. The minimum Gasteiger partial charge on any atom is -0.460 e. The summed E-state index contributed by atoms with van der Waals surface area (Å²) in [4.78, 5) is 12.4. The molecule has 3 rings (SSSR count). The van der Waals surface area contributed by atoms with E-state index in [1.807, 2.05) is 20.8 Å². The molecule has 2 bridgehead atoms. The van der Waals surface area contributed by atoms with Crippen LogP contribution in [0.4, 0.5) is 0 Å². The summed E-state index contributed by atoms with van der Waals surface area (Å²) in [6.45, 7) is 7.87. The minimum atomic E-state index is -0.390. The molecule has 0 amide bonds. The summed E-state index contributed by atoms with van der Waals surface area (Å²) in [5.41, 5.74) is 5.43. The van der Waals surface area contributed by atoms with Gasteiger partial charge in [-0.2, -0.15) is 0 Å². The van der Waals surface area contributed by atoms with Crippen LogP contribution in [-0.4, -0.2) is 17.6 Å². The maximum Gasteiger partial charge on any atom is 0.312 e. The molecule has 3 aliphatic carbocycles. The third-order valence-electron chi connectivity index (χ3n) is 4.50. The monoisotopic (exact) mass is 239 g/mol. The van der Waals surface area contributed by atoms with Gasteiger partial charge in [0.2, 0.25) is 0 Å². The smallest absolute Gasteiger partial charge is 0.312 e. The number of carbonyl (C=O) groups excluding carboxylic acids is 1. The summed E-state index contributed by atoms with van der Waals surface area (Å²) in [6.07, 6.45) is 4.21.